The number of carbonyl (C=O) groups is 1. The average molecular weight is 383 g/mol. The molecule has 0 atom stereocenters. The number of thioether (sulfide) groups is 1. The molecule has 5 nitrogen and oxygen atoms in total. The molecule has 27 heavy (non-hydrogen) atoms. The van der Waals surface area contributed by atoms with Crippen molar-refractivity contribution in [1.29, 1.82) is 5.26 Å². The Bertz CT molecular complexity index is 1000. The van der Waals surface area contributed by atoms with Gasteiger partial charge in [0.05, 0.1) is 24.1 Å². The van der Waals surface area contributed by atoms with Crippen LogP contribution in [0, 0.1) is 31.0 Å². The highest BCUT2D eigenvalue weighted by molar-refractivity contribution is 8.00. The zero-order chi connectivity index (χ0) is 19.4. The highest BCUT2D eigenvalue weighted by atomic mass is 32.2. The standard InChI is InChI=1S/C20H18FN3O2S/c1-13-14(2)24(11-15-6-5-9-26-15)20(16(13)10-22)23-19(25)12-27-18-8-4-3-7-17(18)21/h3-9H,11-12H2,1-2H3,(H,23,25). The Balaban J connectivity index is 1.80. The lowest BCUT2D eigenvalue weighted by Gasteiger charge is -2.12. The van der Waals surface area contributed by atoms with Gasteiger partial charge in [-0.25, -0.2) is 4.39 Å². The number of benzene rings is 1. The van der Waals surface area contributed by atoms with E-state index in [1.165, 1.54) is 6.07 Å². The Morgan fingerprint density at radius 3 is 2.74 bits per heavy atom. The second-order valence-corrected chi connectivity index (χ2v) is 7.00. The summed E-state index contributed by atoms with van der Waals surface area (Å²) in [5, 5.41) is 12.3. The average Bonchev–Trinajstić information content (AvgIpc) is 3.24. The third-order valence-electron chi connectivity index (χ3n) is 4.29. The summed E-state index contributed by atoms with van der Waals surface area (Å²) in [6.07, 6.45) is 1.58. The summed E-state index contributed by atoms with van der Waals surface area (Å²) in [5.74, 6) is 0.520. The minimum Gasteiger partial charge on any atom is -0.467 e. The van der Waals surface area contributed by atoms with Gasteiger partial charge in [-0.1, -0.05) is 12.1 Å². The Kier molecular flexibility index (Phi) is 5.67. The Morgan fingerprint density at radius 1 is 1.30 bits per heavy atom. The van der Waals surface area contributed by atoms with Crippen LogP contribution in [-0.4, -0.2) is 16.2 Å². The van der Waals surface area contributed by atoms with E-state index < -0.39 is 0 Å². The van der Waals surface area contributed by atoms with Crippen molar-refractivity contribution in [3.8, 4) is 6.07 Å². The molecule has 0 aliphatic rings. The normalized spacial score (nSPS) is 10.6. The number of nitrogens with one attached hydrogen (secondary N) is 1. The van der Waals surface area contributed by atoms with E-state index in [9.17, 15) is 14.4 Å². The largest absolute Gasteiger partial charge is 0.467 e. The first-order chi connectivity index (χ1) is 13.0. The molecule has 138 valence electrons. The summed E-state index contributed by atoms with van der Waals surface area (Å²) in [5.41, 5.74) is 2.10. The molecule has 0 spiro atoms. The van der Waals surface area contributed by atoms with E-state index in [2.05, 4.69) is 11.4 Å². The zero-order valence-electron chi connectivity index (χ0n) is 15.0. The van der Waals surface area contributed by atoms with Gasteiger partial charge in [0.15, 0.2) is 0 Å². The van der Waals surface area contributed by atoms with Crippen molar-refractivity contribution in [3.63, 3.8) is 0 Å². The predicted molar refractivity (Wildman–Crippen MR) is 102 cm³/mol. The van der Waals surface area contributed by atoms with Gasteiger partial charge in [-0.2, -0.15) is 5.26 Å². The van der Waals surface area contributed by atoms with Crippen LogP contribution in [0.25, 0.3) is 0 Å². The van der Waals surface area contributed by atoms with E-state index in [1.807, 2.05) is 24.5 Å². The fraction of sp³-hybridized carbons (Fsp3) is 0.200. The molecule has 0 saturated carbocycles. The second kappa shape index (κ2) is 8.14. The minimum absolute atomic E-state index is 0.0375. The van der Waals surface area contributed by atoms with Gasteiger partial charge in [0, 0.05) is 10.6 Å². The van der Waals surface area contributed by atoms with Crippen molar-refractivity contribution in [2.24, 2.45) is 0 Å². The molecule has 2 heterocycles. The fourth-order valence-corrected chi connectivity index (χ4v) is 3.50. The quantitative estimate of drug-likeness (QED) is 0.637. The van der Waals surface area contributed by atoms with E-state index in [0.717, 1.165) is 23.0 Å². The van der Waals surface area contributed by atoms with Gasteiger partial charge in [0.1, 0.15) is 23.5 Å². The minimum atomic E-state index is -0.360. The molecular formula is C20H18FN3O2S. The topological polar surface area (TPSA) is 71.0 Å². The number of nitriles is 1. The molecule has 0 unspecified atom stereocenters. The monoisotopic (exact) mass is 383 g/mol. The number of anilines is 1. The van der Waals surface area contributed by atoms with E-state index >= 15 is 0 Å². The van der Waals surface area contributed by atoms with Gasteiger partial charge in [0.2, 0.25) is 5.91 Å². The third-order valence-corrected chi connectivity index (χ3v) is 5.34. The fourth-order valence-electron chi connectivity index (χ4n) is 2.76. The van der Waals surface area contributed by atoms with Crippen LogP contribution >= 0.6 is 11.8 Å². The lowest BCUT2D eigenvalue weighted by atomic mass is 10.2. The molecule has 0 aliphatic carbocycles. The Morgan fingerprint density at radius 2 is 2.07 bits per heavy atom. The first-order valence-corrected chi connectivity index (χ1v) is 9.29. The molecule has 0 radical (unpaired) electrons. The third kappa shape index (κ3) is 4.07. The van der Waals surface area contributed by atoms with Gasteiger partial charge >= 0.3 is 0 Å². The lowest BCUT2D eigenvalue weighted by molar-refractivity contribution is -0.113. The summed E-state index contributed by atoms with van der Waals surface area (Å²) in [7, 11) is 0. The van der Waals surface area contributed by atoms with Crippen LogP contribution in [0.15, 0.2) is 52.0 Å². The van der Waals surface area contributed by atoms with E-state index in [0.29, 0.717) is 28.6 Å². The van der Waals surface area contributed by atoms with Crippen LogP contribution in [0.4, 0.5) is 10.2 Å². The van der Waals surface area contributed by atoms with Crippen LogP contribution in [0.1, 0.15) is 22.6 Å². The van der Waals surface area contributed by atoms with Gasteiger partial charge in [-0.15, -0.1) is 11.8 Å². The molecule has 7 heteroatoms. The van der Waals surface area contributed by atoms with E-state index in [4.69, 9.17) is 4.42 Å². The van der Waals surface area contributed by atoms with Crippen molar-refractivity contribution < 1.29 is 13.6 Å². The van der Waals surface area contributed by atoms with Crippen molar-refractivity contribution >= 4 is 23.5 Å². The summed E-state index contributed by atoms with van der Waals surface area (Å²) in [4.78, 5) is 12.8. The number of nitrogens with zero attached hydrogens (tertiary/aromatic N) is 2. The molecule has 1 N–H and O–H groups in total. The van der Waals surface area contributed by atoms with Crippen molar-refractivity contribution in [2.75, 3.05) is 11.1 Å². The number of aromatic nitrogens is 1. The van der Waals surface area contributed by atoms with Gasteiger partial charge < -0.3 is 14.3 Å². The van der Waals surface area contributed by atoms with Crippen LogP contribution in [0.2, 0.25) is 0 Å². The molecule has 0 saturated heterocycles. The Hall–Kier alpha value is -2.98. The molecule has 0 aliphatic heterocycles. The molecule has 3 rings (SSSR count). The summed E-state index contributed by atoms with van der Waals surface area (Å²) >= 11 is 1.11. The van der Waals surface area contributed by atoms with Crippen LogP contribution in [-0.2, 0) is 11.3 Å². The maximum atomic E-state index is 13.7. The predicted octanol–water partition coefficient (Wildman–Crippen LogP) is 4.49. The molecule has 0 bridgehead atoms. The van der Waals surface area contributed by atoms with E-state index in [1.54, 1.807) is 30.5 Å². The highest BCUT2D eigenvalue weighted by Crippen LogP contribution is 2.28. The molecule has 3 aromatic rings. The SMILES string of the molecule is Cc1c(C#N)c(NC(=O)CSc2ccccc2F)n(Cc2ccco2)c1C. The van der Waals surface area contributed by atoms with Crippen LogP contribution < -0.4 is 5.32 Å². The summed E-state index contributed by atoms with van der Waals surface area (Å²) in [6.45, 7) is 4.14. The lowest BCUT2D eigenvalue weighted by Crippen LogP contribution is -2.18. The van der Waals surface area contributed by atoms with Gasteiger partial charge in [-0.05, 0) is 43.7 Å². The van der Waals surface area contributed by atoms with Gasteiger partial charge in [-0.3, -0.25) is 4.79 Å². The highest BCUT2D eigenvalue weighted by Gasteiger charge is 2.20. The van der Waals surface area contributed by atoms with Crippen molar-refractivity contribution in [1.82, 2.24) is 4.57 Å². The second-order valence-electron chi connectivity index (χ2n) is 5.98. The Labute approximate surface area is 160 Å². The van der Waals surface area contributed by atoms with Crippen LogP contribution in [0.5, 0.6) is 0 Å². The molecule has 1 amide bonds. The zero-order valence-corrected chi connectivity index (χ0v) is 15.8. The summed E-state index contributed by atoms with van der Waals surface area (Å²) in [6, 6.07) is 12.1. The maximum Gasteiger partial charge on any atom is 0.235 e. The number of halogens is 1. The van der Waals surface area contributed by atoms with Gasteiger partial charge in [0.25, 0.3) is 0 Å². The van der Waals surface area contributed by atoms with Crippen molar-refractivity contribution in [2.45, 2.75) is 25.3 Å². The smallest absolute Gasteiger partial charge is 0.235 e. The number of carbonyl (C=O) groups excluding carboxylic acids is 1. The number of hydrogen-bond acceptors (Lipinski definition) is 4. The van der Waals surface area contributed by atoms with Crippen LogP contribution in [0.3, 0.4) is 0 Å². The van der Waals surface area contributed by atoms with Crippen molar-refractivity contribution in [3.05, 3.63) is 71.1 Å². The molecule has 2 aromatic heterocycles. The maximum absolute atomic E-state index is 13.7. The molecule has 1 aromatic carbocycles. The van der Waals surface area contributed by atoms with E-state index in [-0.39, 0.29) is 17.5 Å². The molecular weight excluding hydrogens is 365 g/mol. The molecule has 0 fully saturated rings. The number of rotatable bonds is 6. The first kappa shape index (κ1) is 18.8. The first-order valence-electron chi connectivity index (χ1n) is 8.30. The number of hydrogen-bond donors (Lipinski definition) is 1. The summed E-state index contributed by atoms with van der Waals surface area (Å²) < 4.78 is 20.9. The number of amides is 1. The number of furan rings is 1.